The molecule has 0 atom stereocenters. The average molecular weight is 448 g/mol. The van der Waals surface area contributed by atoms with Gasteiger partial charge >= 0.3 is 5.97 Å². The van der Waals surface area contributed by atoms with E-state index in [1.54, 1.807) is 67.8 Å². The molecule has 0 spiro atoms. The molecular weight excluding hydrogens is 426 g/mol. The van der Waals surface area contributed by atoms with Crippen LogP contribution in [-0.2, 0) is 16.1 Å². The summed E-state index contributed by atoms with van der Waals surface area (Å²) in [6.07, 6.45) is 0. The molecule has 0 bridgehead atoms. The highest BCUT2D eigenvalue weighted by atomic mass is 32.1. The lowest BCUT2D eigenvalue weighted by Gasteiger charge is -2.16. The van der Waals surface area contributed by atoms with E-state index >= 15 is 0 Å². The average Bonchev–Trinajstić information content (AvgIpc) is 3.30. The van der Waals surface area contributed by atoms with Gasteiger partial charge in [0.25, 0.3) is 11.5 Å². The van der Waals surface area contributed by atoms with Crippen molar-refractivity contribution in [3.63, 3.8) is 0 Å². The summed E-state index contributed by atoms with van der Waals surface area (Å²) in [5.74, 6) is -0.344. The van der Waals surface area contributed by atoms with Gasteiger partial charge in [0.05, 0.1) is 22.2 Å². The minimum absolute atomic E-state index is 0.178. The predicted molar refractivity (Wildman–Crippen MR) is 123 cm³/mol. The third-order valence-corrected chi connectivity index (χ3v) is 5.79. The first-order chi connectivity index (χ1) is 15.4. The Balaban J connectivity index is 1.45. The Kier molecular flexibility index (Phi) is 6.13. The summed E-state index contributed by atoms with van der Waals surface area (Å²) in [6, 6.07) is 15.6. The van der Waals surface area contributed by atoms with Crippen molar-refractivity contribution >= 4 is 34.1 Å². The van der Waals surface area contributed by atoms with Crippen LogP contribution in [0.2, 0.25) is 0 Å². The van der Waals surface area contributed by atoms with Crippen molar-refractivity contribution in [2.75, 3.05) is 13.7 Å². The fourth-order valence-corrected chi connectivity index (χ4v) is 4.02. The topological polar surface area (TPSA) is 81.5 Å². The molecule has 0 fully saturated rings. The van der Waals surface area contributed by atoms with Gasteiger partial charge in [-0.15, -0.1) is 0 Å². The molecule has 2 aromatic carbocycles. The SMILES string of the molecule is Cc1nc2ccccc2c(=O)n1-c1ccc(C(=O)OCC(=O)N(C)Cc2ccsc2)cc1. The van der Waals surface area contributed by atoms with Gasteiger partial charge in [0, 0.05) is 13.6 Å². The van der Waals surface area contributed by atoms with Gasteiger partial charge in [0.2, 0.25) is 0 Å². The molecule has 0 aliphatic rings. The van der Waals surface area contributed by atoms with Crippen molar-refractivity contribution in [1.29, 1.82) is 0 Å². The largest absolute Gasteiger partial charge is 0.452 e. The molecule has 1 amide bonds. The minimum atomic E-state index is -0.602. The van der Waals surface area contributed by atoms with Crippen LogP contribution in [0.5, 0.6) is 0 Å². The number of benzene rings is 2. The van der Waals surface area contributed by atoms with Crippen molar-refractivity contribution in [2.45, 2.75) is 13.5 Å². The Bertz CT molecular complexity index is 1330. The molecule has 0 aliphatic heterocycles. The smallest absolute Gasteiger partial charge is 0.338 e. The second-order valence-corrected chi connectivity index (χ2v) is 8.10. The number of carbonyl (C=O) groups is 2. The first kappa shape index (κ1) is 21.5. The summed E-state index contributed by atoms with van der Waals surface area (Å²) in [5.41, 5.74) is 2.37. The van der Waals surface area contributed by atoms with Gasteiger partial charge in [-0.25, -0.2) is 9.78 Å². The number of ether oxygens (including phenoxy) is 1. The number of thiophene rings is 1. The van der Waals surface area contributed by atoms with Crippen molar-refractivity contribution in [2.24, 2.45) is 0 Å². The molecule has 8 heteroatoms. The van der Waals surface area contributed by atoms with Gasteiger partial charge in [0.1, 0.15) is 5.82 Å². The molecule has 0 N–H and O–H groups in total. The maximum atomic E-state index is 12.9. The molecule has 4 rings (SSSR count). The van der Waals surface area contributed by atoms with E-state index in [4.69, 9.17) is 4.74 Å². The Morgan fingerprint density at radius 2 is 1.84 bits per heavy atom. The highest BCUT2D eigenvalue weighted by molar-refractivity contribution is 7.07. The summed E-state index contributed by atoms with van der Waals surface area (Å²) in [5, 5.41) is 4.43. The fraction of sp³-hybridized carbons (Fsp3) is 0.167. The Labute approximate surface area is 188 Å². The highest BCUT2D eigenvalue weighted by Gasteiger charge is 2.15. The quantitative estimate of drug-likeness (QED) is 0.422. The molecule has 0 unspecified atom stereocenters. The normalized spacial score (nSPS) is 10.8. The standard InChI is InChI=1S/C24H21N3O4S/c1-16-25-21-6-4-3-5-20(21)23(29)27(16)19-9-7-18(8-10-19)24(30)31-14-22(28)26(2)13-17-11-12-32-15-17/h3-12,15H,13-14H2,1-2H3. The molecule has 2 heterocycles. The molecule has 2 aromatic heterocycles. The highest BCUT2D eigenvalue weighted by Crippen LogP contribution is 2.14. The summed E-state index contributed by atoms with van der Waals surface area (Å²) < 4.78 is 6.67. The van der Waals surface area contributed by atoms with Crippen molar-refractivity contribution in [3.8, 4) is 5.69 Å². The van der Waals surface area contributed by atoms with E-state index in [0.717, 1.165) is 5.56 Å². The van der Waals surface area contributed by atoms with Crippen LogP contribution in [0.25, 0.3) is 16.6 Å². The van der Waals surface area contributed by atoms with Gasteiger partial charge < -0.3 is 9.64 Å². The maximum Gasteiger partial charge on any atom is 0.338 e. The summed E-state index contributed by atoms with van der Waals surface area (Å²) in [7, 11) is 1.67. The van der Waals surface area contributed by atoms with Gasteiger partial charge in [-0.3, -0.25) is 14.2 Å². The lowest BCUT2D eigenvalue weighted by atomic mass is 10.2. The third-order valence-electron chi connectivity index (χ3n) is 5.06. The molecule has 0 saturated heterocycles. The first-order valence-corrected chi connectivity index (χ1v) is 10.9. The second kappa shape index (κ2) is 9.15. The minimum Gasteiger partial charge on any atom is -0.452 e. The zero-order valence-corrected chi connectivity index (χ0v) is 18.5. The molecule has 162 valence electrons. The number of carbonyl (C=O) groups excluding carboxylic acids is 2. The fourth-order valence-electron chi connectivity index (χ4n) is 3.36. The molecular formula is C24H21N3O4S. The maximum absolute atomic E-state index is 12.9. The van der Waals surface area contributed by atoms with E-state index < -0.39 is 5.97 Å². The number of aromatic nitrogens is 2. The van der Waals surface area contributed by atoms with Gasteiger partial charge in [-0.05, 0) is 65.7 Å². The monoisotopic (exact) mass is 447 g/mol. The number of hydrogen-bond acceptors (Lipinski definition) is 6. The van der Waals surface area contributed by atoms with Crippen LogP contribution in [0.15, 0.2) is 70.2 Å². The van der Waals surface area contributed by atoms with Crippen LogP contribution in [0, 0.1) is 6.92 Å². The third kappa shape index (κ3) is 4.45. The Morgan fingerprint density at radius 1 is 1.09 bits per heavy atom. The molecule has 32 heavy (non-hydrogen) atoms. The Morgan fingerprint density at radius 3 is 2.56 bits per heavy atom. The summed E-state index contributed by atoms with van der Waals surface area (Å²) in [6.45, 7) is 1.88. The van der Waals surface area contributed by atoms with Gasteiger partial charge in [0.15, 0.2) is 6.61 Å². The van der Waals surface area contributed by atoms with E-state index in [0.29, 0.717) is 34.5 Å². The van der Waals surface area contributed by atoms with Crippen molar-refractivity contribution in [1.82, 2.24) is 14.5 Å². The van der Waals surface area contributed by atoms with Crippen LogP contribution in [0.1, 0.15) is 21.7 Å². The predicted octanol–water partition coefficient (Wildman–Crippen LogP) is 3.57. The van der Waals surface area contributed by atoms with Gasteiger partial charge in [-0.2, -0.15) is 11.3 Å². The summed E-state index contributed by atoms with van der Waals surface area (Å²) in [4.78, 5) is 43.5. The number of aryl methyl sites for hydroxylation is 1. The summed E-state index contributed by atoms with van der Waals surface area (Å²) >= 11 is 1.56. The van der Waals surface area contributed by atoms with Crippen LogP contribution in [0.4, 0.5) is 0 Å². The number of nitrogens with zero attached hydrogens (tertiary/aromatic N) is 3. The Hall–Kier alpha value is -3.78. The number of fused-ring (bicyclic) bond motifs is 1. The lowest BCUT2D eigenvalue weighted by molar-refractivity contribution is -0.133. The van der Waals surface area contributed by atoms with Gasteiger partial charge in [-0.1, -0.05) is 12.1 Å². The van der Waals surface area contributed by atoms with Crippen LogP contribution in [-0.4, -0.2) is 40.0 Å². The van der Waals surface area contributed by atoms with E-state index in [9.17, 15) is 14.4 Å². The number of likely N-dealkylation sites (N-methyl/N-ethyl adjacent to an activating group) is 1. The number of para-hydroxylation sites is 1. The first-order valence-electron chi connectivity index (χ1n) is 9.95. The lowest BCUT2D eigenvalue weighted by Crippen LogP contribution is -2.30. The van der Waals surface area contributed by atoms with Crippen LogP contribution < -0.4 is 5.56 Å². The zero-order chi connectivity index (χ0) is 22.7. The molecule has 0 radical (unpaired) electrons. The second-order valence-electron chi connectivity index (χ2n) is 7.32. The van der Waals surface area contributed by atoms with E-state index in [-0.39, 0.29) is 18.1 Å². The number of amides is 1. The van der Waals surface area contributed by atoms with Crippen LogP contribution in [0.3, 0.4) is 0 Å². The van der Waals surface area contributed by atoms with E-state index in [1.165, 1.54) is 9.47 Å². The number of esters is 1. The number of rotatable bonds is 6. The van der Waals surface area contributed by atoms with E-state index in [2.05, 4.69) is 4.98 Å². The molecule has 0 aliphatic carbocycles. The molecule has 4 aromatic rings. The van der Waals surface area contributed by atoms with Crippen LogP contribution >= 0.6 is 11.3 Å². The van der Waals surface area contributed by atoms with Crippen molar-refractivity contribution < 1.29 is 14.3 Å². The zero-order valence-electron chi connectivity index (χ0n) is 17.6. The van der Waals surface area contributed by atoms with E-state index in [1.807, 2.05) is 22.9 Å². The molecule has 7 nitrogen and oxygen atoms in total. The van der Waals surface area contributed by atoms with Crippen molar-refractivity contribution in [3.05, 3.63) is 92.7 Å². The number of hydrogen-bond donors (Lipinski definition) is 0. The molecule has 0 saturated carbocycles.